The standard InChI is InChI=1S/C19H15N3O3S/c23-10-12-8-17(25)15(9-16(12)24)22-18(19(26)20-21-22)14-7-3-5-11-4-1-2-6-13(11)14/h1-9,23-26H,10H2. The Morgan fingerprint density at radius 3 is 2.54 bits per heavy atom. The highest BCUT2D eigenvalue weighted by Gasteiger charge is 2.19. The minimum absolute atomic E-state index is 0.133. The molecule has 1 aromatic heterocycles. The Kier molecular flexibility index (Phi) is 4.02. The maximum absolute atomic E-state index is 10.4. The van der Waals surface area contributed by atoms with Crippen LogP contribution in [-0.4, -0.2) is 30.3 Å². The van der Waals surface area contributed by atoms with Crippen LogP contribution in [0.4, 0.5) is 0 Å². The van der Waals surface area contributed by atoms with Crippen molar-refractivity contribution in [2.75, 3.05) is 0 Å². The number of phenols is 2. The van der Waals surface area contributed by atoms with Crippen LogP contribution in [0, 0.1) is 0 Å². The van der Waals surface area contributed by atoms with Gasteiger partial charge in [-0.25, -0.2) is 4.68 Å². The van der Waals surface area contributed by atoms with Crippen LogP contribution in [0.1, 0.15) is 5.56 Å². The zero-order chi connectivity index (χ0) is 18.3. The molecular weight excluding hydrogens is 350 g/mol. The number of hydrogen-bond acceptors (Lipinski definition) is 6. The average molecular weight is 365 g/mol. The Hall–Kier alpha value is -3.03. The normalized spacial score (nSPS) is 11.2. The van der Waals surface area contributed by atoms with E-state index in [0.29, 0.717) is 10.7 Å². The summed E-state index contributed by atoms with van der Waals surface area (Å²) in [5.41, 5.74) is 1.92. The first kappa shape index (κ1) is 16.4. The molecule has 0 aliphatic carbocycles. The predicted molar refractivity (Wildman–Crippen MR) is 101 cm³/mol. The van der Waals surface area contributed by atoms with Crippen molar-refractivity contribution in [2.24, 2.45) is 0 Å². The maximum atomic E-state index is 10.4. The molecule has 1 heterocycles. The highest BCUT2D eigenvalue weighted by Crippen LogP contribution is 2.37. The third-order valence-electron chi connectivity index (χ3n) is 4.27. The van der Waals surface area contributed by atoms with Crippen LogP contribution in [0.25, 0.3) is 27.7 Å². The third kappa shape index (κ3) is 2.58. The lowest BCUT2D eigenvalue weighted by Crippen LogP contribution is -2.01. The van der Waals surface area contributed by atoms with Gasteiger partial charge < -0.3 is 15.3 Å². The van der Waals surface area contributed by atoms with Crippen molar-refractivity contribution in [2.45, 2.75) is 11.6 Å². The van der Waals surface area contributed by atoms with Crippen LogP contribution < -0.4 is 0 Å². The number of fused-ring (bicyclic) bond motifs is 1. The highest BCUT2D eigenvalue weighted by molar-refractivity contribution is 7.80. The van der Waals surface area contributed by atoms with E-state index in [9.17, 15) is 15.3 Å². The second-order valence-electron chi connectivity index (χ2n) is 5.83. The van der Waals surface area contributed by atoms with E-state index in [4.69, 9.17) is 0 Å². The second kappa shape index (κ2) is 6.36. The summed E-state index contributed by atoms with van der Waals surface area (Å²) < 4.78 is 1.43. The van der Waals surface area contributed by atoms with E-state index in [1.807, 2.05) is 42.5 Å². The van der Waals surface area contributed by atoms with Crippen molar-refractivity contribution >= 4 is 23.4 Å². The summed E-state index contributed by atoms with van der Waals surface area (Å²) in [5.74, 6) is -0.271. The monoisotopic (exact) mass is 365 g/mol. The zero-order valence-electron chi connectivity index (χ0n) is 13.5. The Labute approximate surface area is 154 Å². The Balaban J connectivity index is 1.99. The number of aliphatic hydroxyl groups excluding tert-OH is 1. The SMILES string of the molecule is OCc1cc(O)c(-n2nnc(S)c2-c2cccc3ccccc23)cc1O. The molecule has 7 heteroatoms. The predicted octanol–water partition coefficient (Wildman–Crippen LogP) is 3.28. The van der Waals surface area contributed by atoms with Gasteiger partial charge >= 0.3 is 0 Å². The summed E-state index contributed by atoms with van der Waals surface area (Å²) in [7, 11) is 0. The second-order valence-corrected chi connectivity index (χ2v) is 6.25. The molecule has 0 aliphatic heterocycles. The Morgan fingerprint density at radius 2 is 1.73 bits per heavy atom. The molecule has 0 radical (unpaired) electrons. The molecule has 0 saturated heterocycles. The van der Waals surface area contributed by atoms with Gasteiger partial charge in [-0.05, 0) is 16.8 Å². The van der Waals surface area contributed by atoms with E-state index in [2.05, 4.69) is 22.9 Å². The summed E-state index contributed by atoms with van der Waals surface area (Å²) >= 11 is 4.43. The van der Waals surface area contributed by atoms with Crippen molar-refractivity contribution < 1.29 is 15.3 Å². The topological polar surface area (TPSA) is 91.4 Å². The molecule has 4 rings (SSSR count). The minimum atomic E-state index is -0.384. The van der Waals surface area contributed by atoms with Crippen LogP contribution in [0.15, 0.2) is 59.6 Å². The number of phenolic OH excluding ortho intramolecular Hbond substituents is 1. The largest absolute Gasteiger partial charge is 0.507 e. The summed E-state index contributed by atoms with van der Waals surface area (Å²) in [6, 6.07) is 16.4. The number of rotatable bonds is 3. The lowest BCUT2D eigenvalue weighted by Gasteiger charge is -2.12. The minimum Gasteiger partial charge on any atom is -0.507 e. The van der Waals surface area contributed by atoms with E-state index in [1.165, 1.54) is 16.8 Å². The van der Waals surface area contributed by atoms with Gasteiger partial charge in [-0.2, -0.15) is 0 Å². The summed E-state index contributed by atoms with van der Waals surface area (Å²) in [6.45, 7) is -0.384. The number of thiol groups is 1. The molecule has 0 spiro atoms. The third-order valence-corrected chi connectivity index (χ3v) is 4.57. The van der Waals surface area contributed by atoms with E-state index < -0.39 is 0 Å². The molecule has 0 atom stereocenters. The maximum Gasteiger partial charge on any atom is 0.144 e. The highest BCUT2D eigenvalue weighted by atomic mass is 32.1. The summed E-state index contributed by atoms with van der Waals surface area (Å²) in [6.07, 6.45) is 0. The number of aromatic nitrogens is 3. The molecule has 3 N–H and O–H groups in total. The fourth-order valence-electron chi connectivity index (χ4n) is 3.01. The number of benzene rings is 3. The first-order valence-corrected chi connectivity index (χ1v) is 8.33. The number of hydrogen-bond donors (Lipinski definition) is 4. The number of aromatic hydroxyl groups is 2. The fourth-order valence-corrected chi connectivity index (χ4v) is 3.27. The Morgan fingerprint density at radius 1 is 0.962 bits per heavy atom. The van der Waals surface area contributed by atoms with Crippen molar-refractivity contribution in [3.8, 4) is 28.4 Å². The molecule has 6 nitrogen and oxygen atoms in total. The first-order chi connectivity index (χ1) is 12.6. The zero-order valence-corrected chi connectivity index (χ0v) is 14.4. The van der Waals surface area contributed by atoms with Gasteiger partial charge in [0.05, 0.1) is 6.61 Å². The first-order valence-electron chi connectivity index (χ1n) is 7.89. The lowest BCUT2D eigenvalue weighted by atomic mass is 10.0. The lowest BCUT2D eigenvalue weighted by molar-refractivity contribution is 0.274. The van der Waals surface area contributed by atoms with E-state index in [0.717, 1.165) is 16.3 Å². The van der Waals surface area contributed by atoms with Crippen molar-refractivity contribution in [3.05, 3.63) is 60.2 Å². The quantitative estimate of drug-likeness (QED) is 0.330. The van der Waals surface area contributed by atoms with E-state index in [1.54, 1.807) is 0 Å². The molecule has 0 fully saturated rings. The summed E-state index contributed by atoms with van der Waals surface area (Å²) in [5, 5.41) is 40.2. The van der Waals surface area contributed by atoms with Crippen LogP contribution in [0.2, 0.25) is 0 Å². The number of nitrogens with zero attached hydrogens (tertiary/aromatic N) is 3. The van der Waals surface area contributed by atoms with E-state index >= 15 is 0 Å². The van der Waals surface area contributed by atoms with Gasteiger partial charge in [0.2, 0.25) is 0 Å². The van der Waals surface area contributed by atoms with Gasteiger partial charge in [0.1, 0.15) is 27.9 Å². The van der Waals surface area contributed by atoms with Crippen molar-refractivity contribution in [3.63, 3.8) is 0 Å². The van der Waals surface area contributed by atoms with Crippen LogP contribution in [-0.2, 0) is 6.61 Å². The molecule has 4 aromatic rings. The average Bonchev–Trinajstić information content (AvgIpc) is 3.03. The molecular formula is C19H15N3O3S. The summed E-state index contributed by atoms with van der Waals surface area (Å²) in [4.78, 5) is 0. The smallest absolute Gasteiger partial charge is 0.144 e. The molecule has 3 aromatic carbocycles. The van der Waals surface area contributed by atoms with Crippen LogP contribution >= 0.6 is 12.6 Å². The van der Waals surface area contributed by atoms with Gasteiger partial charge in [0.15, 0.2) is 0 Å². The molecule has 0 unspecified atom stereocenters. The Bertz CT molecular complexity index is 1120. The van der Waals surface area contributed by atoms with Crippen molar-refractivity contribution in [1.82, 2.24) is 15.0 Å². The number of aliphatic hydroxyl groups is 1. The van der Waals surface area contributed by atoms with Gasteiger partial charge in [-0.3, -0.25) is 0 Å². The molecule has 0 bridgehead atoms. The van der Waals surface area contributed by atoms with Crippen molar-refractivity contribution in [1.29, 1.82) is 0 Å². The van der Waals surface area contributed by atoms with Gasteiger partial charge in [0, 0.05) is 17.2 Å². The van der Waals surface area contributed by atoms with Gasteiger partial charge in [-0.15, -0.1) is 17.7 Å². The van der Waals surface area contributed by atoms with E-state index in [-0.39, 0.29) is 29.4 Å². The van der Waals surface area contributed by atoms with Gasteiger partial charge in [0.25, 0.3) is 0 Å². The van der Waals surface area contributed by atoms with Crippen LogP contribution in [0.5, 0.6) is 11.5 Å². The fraction of sp³-hybridized carbons (Fsp3) is 0.0526. The molecule has 0 aliphatic rings. The molecule has 26 heavy (non-hydrogen) atoms. The van der Waals surface area contributed by atoms with Gasteiger partial charge in [-0.1, -0.05) is 47.7 Å². The van der Waals surface area contributed by atoms with Crippen LogP contribution in [0.3, 0.4) is 0 Å². The molecule has 0 saturated carbocycles. The molecule has 0 amide bonds. The molecule has 130 valence electrons.